The van der Waals surface area contributed by atoms with Crippen molar-refractivity contribution >= 4 is 17.0 Å². The zero-order valence-corrected chi connectivity index (χ0v) is 19.8. The van der Waals surface area contributed by atoms with Crippen molar-refractivity contribution in [3.63, 3.8) is 0 Å². The number of fused-ring (bicyclic) bond motifs is 1. The summed E-state index contributed by atoms with van der Waals surface area (Å²) in [5.74, 6) is 0.147. The first kappa shape index (κ1) is 24.1. The minimum Gasteiger partial charge on any atom is -0.480 e. The molecule has 3 heterocycles. The molecule has 0 amide bonds. The van der Waals surface area contributed by atoms with Gasteiger partial charge in [0.15, 0.2) is 0 Å². The summed E-state index contributed by atoms with van der Waals surface area (Å²) in [5.41, 5.74) is 2.57. The highest BCUT2D eigenvalue weighted by Crippen LogP contribution is 2.28. The average Bonchev–Trinajstić information content (AvgIpc) is 3.13. The summed E-state index contributed by atoms with van der Waals surface area (Å²) in [4.78, 5) is 31.2. The summed E-state index contributed by atoms with van der Waals surface area (Å²) in [7, 11) is 0. The molecule has 3 aromatic rings. The van der Waals surface area contributed by atoms with Crippen LogP contribution >= 0.6 is 0 Å². The fourth-order valence-corrected chi connectivity index (χ4v) is 4.46. The van der Waals surface area contributed by atoms with E-state index in [1.807, 2.05) is 24.3 Å². The molecule has 4 N–H and O–H groups in total. The van der Waals surface area contributed by atoms with Crippen molar-refractivity contribution in [2.45, 2.75) is 58.3 Å². The van der Waals surface area contributed by atoms with Crippen LogP contribution in [0.3, 0.4) is 0 Å². The normalized spacial score (nSPS) is 16.1. The molecule has 0 unspecified atom stereocenters. The minimum atomic E-state index is -1.41. The largest absolute Gasteiger partial charge is 0.480 e. The Hall–Kier alpha value is -3.01. The highest BCUT2D eigenvalue weighted by atomic mass is 16.5. The van der Waals surface area contributed by atoms with Gasteiger partial charge >= 0.3 is 5.97 Å². The van der Waals surface area contributed by atoms with Crippen LogP contribution in [0.25, 0.3) is 22.4 Å². The maximum absolute atomic E-state index is 11.9. The van der Waals surface area contributed by atoms with Gasteiger partial charge in [0.05, 0.1) is 16.6 Å². The lowest BCUT2D eigenvalue weighted by Crippen LogP contribution is -2.51. The molecule has 0 spiro atoms. The number of aliphatic hydroxyl groups is 1. The Morgan fingerprint density at radius 1 is 1.32 bits per heavy atom. The number of benzene rings is 1. The predicted molar refractivity (Wildman–Crippen MR) is 129 cm³/mol. The van der Waals surface area contributed by atoms with Crippen molar-refractivity contribution < 1.29 is 19.7 Å². The smallest absolute Gasteiger partial charge is 0.323 e. The van der Waals surface area contributed by atoms with Gasteiger partial charge in [-0.2, -0.15) is 0 Å². The Labute approximate surface area is 197 Å². The number of carboxylic acid groups (broad SMARTS) is 1. The van der Waals surface area contributed by atoms with Crippen molar-refractivity contribution in [2.75, 3.05) is 13.2 Å². The number of hydrogen-bond donors (Lipinski definition) is 4. The molecule has 2 aromatic heterocycles. The SMILES string of the molecule is Cc1cc(-c2nc3cc(CN[C@H](C(=O)O)C(C)(C)O)ccc3n2CC2CCOCC2)c[nH]c1=O. The van der Waals surface area contributed by atoms with Crippen LogP contribution in [0, 0.1) is 12.8 Å². The van der Waals surface area contributed by atoms with Gasteiger partial charge in [-0.05, 0) is 63.3 Å². The number of carbonyl (C=O) groups is 1. The van der Waals surface area contributed by atoms with E-state index in [1.165, 1.54) is 13.8 Å². The van der Waals surface area contributed by atoms with Crippen molar-refractivity contribution in [1.82, 2.24) is 19.9 Å². The second-order valence-corrected chi connectivity index (χ2v) is 9.63. The van der Waals surface area contributed by atoms with Crippen molar-refractivity contribution in [3.05, 3.63) is 51.9 Å². The molecular weight excluding hydrogens is 436 g/mol. The molecule has 9 heteroatoms. The minimum absolute atomic E-state index is 0.121. The maximum Gasteiger partial charge on any atom is 0.323 e. The summed E-state index contributed by atoms with van der Waals surface area (Å²) in [6.45, 7) is 7.30. The number of aromatic amines is 1. The Morgan fingerprint density at radius 2 is 2.06 bits per heavy atom. The van der Waals surface area contributed by atoms with Crippen molar-refractivity contribution in [3.8, 4) is 11.4 Å². The number of nitrogens with zero attached hydrogens (tertiary/aromatic N) is 2. The van der Waals surface area contributed by atoms with Gasteiger partial charge in [-0.25, -0.2) is 4.98 Å². The van der Waals surface area contributed by atoms with Gasteiger partial charge in [0, 0.05) is 43.6 Å². The van der Waals surface area contributed by atoms with E-state index in [-0.39, 0.29) is 12.1 Å². The van der Waals surface area contributed by atoms with Gasteiger partial charge in [-0.15, -0.1) is 0 Å². The number of aryl methyl sites for hydroxylation is 1. The number of ether oxygens (including phenoxy) is 1. The van der Waals surface area contributed by atoms with E-state index in [1.54, 1.807) is 13.1 Å². The van der Waals surface area contributed by atoms with Gasteiger partial charge in [0.25, 0.3) is 5.56 Å². The quantitative estimate of drug-likeness (QED) is 0.400. The Morgan fingerprint density at radius 3 is 2.71 bits per heavy atom. The van der Waals surface area contributed by atoms with Gasteiger partial charge in [0.1, 0.15) is 11.9 Å². The van der Waals surface area contributed by atoms with Crippen LogP contribution in [0.2, 0.25) is 0 Å². The third kappa shape index (κ3) is 5.22. The van der Waals surface area contributed by atoms with Gasteiger partial charge in [-0.3, -0.25) is 14.9 Å². The van der Waals surface area contributed by atoms with E-state index in [9.17, 15) is 19.8 Å². The number of aliphatic carboxylic acids is 1. The average molecular weight is 469 g/mol. The summed E-state index contributed by atoms with van der Waals surface area (Å²) in [6, 6.07) is 6.63. The van der Waals surface area contributed by atoms with Gasteiger partial charge in [-0.1, -0.05) is 6.07 Å². The molecule has 0 aliphatic carbocycles. The van der Waals surface area contributed by atoms with Gasteiger partial charge < -0.3 is 24.5 Å². The Bertz CT molecular complexity index is 1230. The number of nitrogens with one attached hydrogen (secondary N) is 2. The van der Waals surface area contributed by atoms with Crippen LogP contribution < -0.4 is 10.9 Å². The van der Waals surface area contributed by atoms with Crippen LogP contribution in [-0.2, 0) is 22.6 Å². The summed E-state index contributed by atoms with van der Waals surface area (Å²) < 4.78 is 7.72. The highest BCUT2D eigenvalue weighted by molar-refractivity contribution is 5.81. The number of pyridine rings is 1. The first-order valence-corrected chi connectivity index (χ1v) is 11.6. The fourth-order valence-electron chi connectivity index (χ4n) is 4.46. The lowest BCUT2D eigenvalue weighted by Gasteiger charge is -2.26. The zero-order chi connectivity index (χ0) is 24.5. The van der Waals surface area contributed by atoms with E-state index < -0.39 is 17.6 Å². The number of imidazole rings is 1. The third-order valence-corrected chi connectivity index (χ3v) is 6.41. The molecule has 9 nitrogen and oxygen atoms in total. The van der Waals surface area contributed by atoms with Crippen LogP contribution in [0.15, 0.2) is 35.3 Å². The third-order valence-electron chi connectivity index (χ3n) is 6.41. The number of aromatic nitrogens is 3. The molecule has 0 saturated carbocycles. The molecule has 1 saturated heterocycles. The fraction of sp³-hybridized carbons (Fsp3) is 0.480. The van der Waals surface area contributed by atoms with E-state index in [0.29, 0.717) is 11.5 Å². The lowest BCUT2D eigenvalue weighted by atomic mass is 9.99. The van der Waals surface area contributed by atoms with Crippen molar-refractivity contribution in [1.29, 1.82) is 0 Å². The molecule has 1 aliphatic heterocycles. The maximum atomic E-state index is 11.9. The molecule has 1 fully saturated rings. The molecule has 34 heavy (non-hydrogen) atoms. The Balaban J connectivity index is 1.69. The number of carboxylic acids is 1. The Kier molecular flexibility index (Phi) is 6.88. The zero-order valence-electron chi connectivity index (χ0n) is 19.8. The predicted octanol–water partition coefficient (Wildman–Crippen LogP) is 2.44. The van der Waals surface area contributed by atoms with E-state index >= 15 is 0 Å². The summed E-state index contributed by atoms with van der Waals surface area (Å²) >= 11 is 0. The van der Waals surface area contributed by atoms with Crippen LogP contribution in [-0.4, -0.2) is 55.6 Å². The van der Waals surface area contributed by atoms with E-state index in [2.05, 4.69) is 14.9 Å². The second kappa shape index (κ2) is 9.69. The van der Waals surface area contributed by atoms with Crippen LogP contribution in [0.5, 0.6) is 0 Å². The number of H-pyrrole nitrogens is 1. The van der Waals surface area contributed by atoms with Crippen LogP contribution in [0.4, 0.5) is 0 Å². The lowest BCUT2D eigenvalue weighted by molar-refractivity contribution is -0.145. The van der Waals surface area contributed by atoms with E-state index in [0.717, 1.165) is 60.6 Å². The molecule has 182 valence electrons. The second-order valence-electron chi connectivity index (χ2n) is 9.63. The number of rotatable bonds is 8. The topological polar surface area (TPSA) is 129 Å². The first-order valence-electron chi connectivity index (χ1n) is 11.6. The molecule has 0 bridgehead atoms. The molecule has 4 rings (SSSR count). The monoisotopic (exact) mass is 468 g/mol. The molecular formula is C25H32N4O5. The van der Waals surface area contributed by atoms with Crippen LogP contribution in [0.1, 0.15) is 37.8 Å². The number of hydrogen-bond acceptors (Lipinski definition) is 6. The molecule has 1 aromatic carbocycles. The molecule has 1 atom stereocenters. The first-order chi connectivity index (χ1) is 16.1. The molecule has 1 aliphatic rings. The van der Waals surface area contributed by atoms with E-state index in [4.69, 9.17) is 9.72 Å². The summed E-state index contributed by atoms with van der Waals surface area (Å²) in [6.07, 6.45) is 3.67. The van der Waals surface area contributed by atoms with Crippen molar-refractivity contribution in [2.24, 2.45) is 5.92 Å². The summed E-state index contributed by atoms with van der Waals surface area (Å²) in [5, 5.41) is 22.6. The van der Waals surface area contributed by atoms with Gasteiger partial charge in [0.2, 0.25) is 0 Å². The molecule has 0 radical (unpaired) electrons. The standard InChI is InChI=1S/C25H32N4O5/c1-15-10-18(13-27-23(15)30)22-28-19-11-17(12-26-21(24(31)32)25(2,3)33)4-5-20(19)29(22)14-16-6-8-34-9-7-16/h4-5,10-11,13,16,21,26,33H,6-9,12,14H2,1-3H3,(H,27,30)(H,31,32)/t21-/m1/s1. The highest BCUT2D eigenvalue weighted by Gasteiger charge is 2.32.